The summed E-state index contributed by atoms with van der Waals surface area (Å²) < 4.78 is 0. The maximum atomic E-state index is 12.9. The van der Waals surface area contributed by atoms with Gasteiger partial charge in [-0.15, -0.1) is 0 Å². The van der Waals surface area contributed by atoms with Crippen LogP contribution in [0.2, 0.25) is 0 Å². The van der Waals surface area contributed by atoms with Crippen LogP contribution >= 0.6 is 0 Å². The van der Waals surface area contributed by atoms with E-state index in [1.165, 1.54) is 77.0 Å². The summed E-state index contributed by atoms with van der Waals surface area (Å²) in [6.45, 7) is 13.8. The van der Waals surface area contributed by atoms with Crippen LogP contribution in [0.5, 0.6) is 0 Å². The average molecular weight is 454 g/mol. The highest BCUT2D eigenvalue weighted by Crippen LogP contribution is 2.15. The zero-order valence-electron chi connectivity index (χ0n) is 22.5. The van der Waals surface area contributed by atoms with Gasteiger partial charge in [0.15, 0.2) is 0 Å². The van der Waals surface area contributed by atoms with E-state index in [9.17, 15) is 4.79 Å². The van der Waals surface area contributed by atoms with E-state index < -0.39 is 0 Å². The minimum Gasteiger partial charge on any atom is -0.340 e. The summed E-state index contributed by atoms with van der Waals surface area (Å²) in [5, 5.41) is 0. The third kappa shape index (κ3) is 17.9. The minimum atomic E-state index is 0.326. The molecule has 2 N–H and O–H groups in total. The van der Waals surface area contributed by atoms with Crippen molar-refractivity contribution in [2.75, 3.05) is 32.7 Å². The third-order valence-electron chi connectivity index (χ3n) is 6.94. The van der Waals surface area contributed by atoms with Crippen LogP contribution in [0, 0.1) is 0 Å². The largest absolute Gasteiger partial charge is 0.340 e. The number of nitrogens with zero attached hydrogens (tertiary/aromatic N) is 2. The standard InChI is InChI=1S/C28H59N3O/c1-5-8-9-10-11-12-13-14-15-16-17-18-19-23-28(32)31(26-21-24-29)27(4)22-20-25-30(6-2)7-3/h27H,5-26,29H2,1-4H3. The summed E-state index contributed by atoms with van der Waals surface area (Å²) in [7, 11) is 0. The normalized spacial score (nSPS) is 12.4. The zero-order valence-corrected chi connectivity index (χ0v) is 22.5. The molecule has 32 heavy (non-hydrogen) atoms. The van der Waals surface area contributed by atoms with Crippen LogP contribution in [-0.4, -0.2) is 54.5 Å². The lowest BCUT2D eigenvalue weighted by Crippen LogP contribution is -2.40. The number of hydrogen-bond donors (Lipinski definition) is 1. The fourth-order valence-corrected chi connectivity index (χ4v) is 4.60. The first kappa shape index (κ1) is 31.4. The van der Waals surface area contributed by atoms with Crippen molar-refractivity contribution in [2.24, 2.45) is 5.73 Å². The van der Waals surface area contributed by atoms with E-state index in [2.05, 4.69) is 37.5 Å². The van der Waals surface area contributed by atoms with Crippen LogP contribution in [0.15, 0.2) is 0 Å². The monoisotopic (exact) mass is 453 g/mol. The molecule has 1 atom stereocenters. The highest BCUT2D eigenvalue weighted by molar-refractivity contribution is 5.76. The molecule has 0 saturated heterocycles. The first-order valence-corrected chi connectivity index (χ1v) is 14.3. The molecule has 1 unspecified atom stereocenters. The summed E-state index contributed by atoms with van der Waals surface area (Å²) in [6, 6.07) is 0.326. The Balaban J connectivity index is 3.90. The topological polar surface area (TPSA) is 49.6 Å². The van der Waals surface area contributed by atoms with Crippen molar-refractivity contribution < 1.29 is 4.79 Å². The molecule has 0 bridgehead atoms. The Morgan fingerprint density at radius 1 is 0.688 bits per heavy atom. The van der Waals surface area contributed by atoms with Crippen LogP contribution < -0.4 is 5.73 Å². The van der Waals surface area contributed by atoms with E-state index in [0.717, 1.165) is 51.9 Å². The quantitative estimate of drug-likeness (QED) is 0.158. The van der Waals surface area contributed by atoms with E-state index in [1.807, 2.05) is 0 Å². The molecule has 0 aliphatic heterocycles. The third-order valence-corrected chi connectivity index (χ3v) is 6.94. The van der Waals surface area contributed by atoms with Gasteiger partial charge in [-0.2, -0.15) is 0 Å². The van der Waals surface area contributed by atoms with Gasteiger partial charge in [0.05, 0.1) is 0 Å². The van der Waals surface area contributed by atoms with E-state index in [-0.39, 0.29) is 0 Å². The highest BCUT2D eigenvalue weighted by atomic mass is 16.2. The molecule has 1 amide bonds. The summed E-state index contributed by atoms with van der Waals surface area (Å²) in [5.74, 6) is 0.344. The predicted molar refractivity (Wildman–Crippen MR) is 142 cm³/mol. The van der Waals surface area contributed by atoms with Crippen molar-refractivity contribution in [3.05, 3.63) is 0 Å². The molecule has 192 valence electrons. The van der Waals surface area contributed by atoms with Crippen LogP contribution in [0.1, 0.15) is 137 Å². The number of carbonyl (C=O) groups excluding carboxylic acids is 1. The molecule has 0 aliphatic rings. The van der Waals surface area contributed by atoms with E-state index in [1.54, 1.807) is 0 Å². The Bertz CT molecular complexity index is 398. The fourth-order valence-electron chi connectivity index (χ4n) is 4.60. The smallest absolute Gasteiger partial charge is 0.222 e. The number of amides is 1. The first-order chi connectivity index (χ1) is 15.6. The number of rotatable bonds is 24. The van der Waals surface area contributed by atoms with Gasteiger partial charge >= 0.3 is 0 Å². The molecular formula is C28H59N3O. The summed E-state index contributed by atoms with van der Waals surface area (Å²) >= 11 is 0. The molecule has 0 aromatic carbocycles. The lowest BCUT2D eigenvalue weighted by molar-refractivity contribution is -0.133. The Morgan fingerprint density at radius 3 is 1.66 bits per heavy atom. The molecular weight excluding hydrogens is 394 g/mol. The van der Waals surface area contributed by atoms with Gasteiger partial charge in [-0.3, -0.25) is 4.79 Å². The molecule has 0 heterocycles. The molecule has 0 aromatic heterocycles. The fraction of sp³-hybridized carbons (Fsp3) is 0.964. The van der Waals surface area contributed by atoms with Crippen LogP contribution in [0.4, 0.5) is 0 Å². The molecule has 4 nitrogen and oxygen atoms in total. The second-order valence-electron chi connectivity index (χ2n) is 9.74. The van der Waals surface area contributed by atoms with E-state index >= 15 is 0 Å². The molecule has 4 heteroatoms. The second-order valence-corrected chi connectivity index (χ2v) is 9.74. The highest BCUT2D eigenvalue weighted by Gasteiger charge is 2.19. The second kappa shape index (κ2) is 23.5. The molecule has 0 aliphatic carbocycles. The van der Waals surface area contributed by atoms with Crippen molar-refractivity contribution in [1.29, 1.82) is 0 Å². The van der Waals surface area contributed by atoms with Crippen LogP contribution in [0.25, 0.3) is 0 Å². The van der Waals surface area contributed by atoms with Crippen LogP contribution in [-0.2, 0) is 4.79 Å². The van der Waals surface area contributed by atoms with Gasteiger partial charge in [-0.1, -0.05) is 97.8 Å². The number of nitrogens with two attached hydrogens (primary N) is 1. The first-order valence-electron chi connectivity index (χ1n) is 14.3. The van der Waals surface area contributed by atoms with E-state index in [4.69, 9.17) is 5.73 Å². The summed E-state index contributed by atoms with van der Waals surface area (Å²) in [4.78, 5) is 17.5. The molecule has 0 fully saturated rings. The lowest BCUT2D eigenvalue weighted by atomic mass is 10.0. The van der Waals surface area contributed by atoms with Gasteiger partial charge in [0.1, 0.15) is 0 Å². The Kier molecular flexibility index (Phi) is 23.1. The average Bonchev–Trinajstić information content (AvgIpc) is 2.80. The van der Waals surface area contributed by atoms with Crippen LogP contribution in [0.3, 0.4) is 0 Å². The number of hydrogen-bond acceptors (Lipinski definition) is 3. The van der Waals surface area contributed by atoms with Gasteiger partial charge in [-0.05, 0) is 58.8 Å². The lowest BCUT2D eigenvalue weighted by Gasteiger charge is -2.30. The minimum absolute atomic E-state index is 0.326. The summed E-state index contributed by atoms with van der Waals surface area (Å²) in [5.41, 5.74) is 5.73. The van der Waals surface area contributed by atoms with Crippen molar-refractivity contribution in [2.45, 2.75) is 143 Å². The number of unbranched alkanes of at least 4 members (excludes halogenated alkanes) is 12. The Labute approximate surface area is 202 Å². The van der Waals surface area contributed by atoms with E-state index in [0.29, 0.717) is 24.9 Å². The van der Waals surface area contributed by atoms with Gasteiger partial charge in [0.25, 0.3) is 0 Å². The number of carbonyl (C=O) groups is 1. The predicted octanol–water partition coefficient (Wildman–Crippen LogP) is 7.16. The maximum absolute atomic E-state index is 12.9. The van der Waals surface area contributed by atoms with Crippen molar-refractivity contribution in [3.63, 3.8) is 0 Å². The van der Waals surface area contributed by atoms with Crippen molar-refractivity contribution in [3.8, 4) is 0 Å². The SMILES string of the molecule is CCCCCCCCCCCCCCCC(=O)N(CCCN)C(C)CCCN(CC)CC. The van der Waals surface area contributed by atoms with Crippen molar-refractivity contribution >= 4 is 5.91 Å². The Hall–Kier alpha value is -0.610. The maximum Gasteiger partial charge on any atom is 0.222 e. The zero-order chi connectivity index (χ0) is 23.9. The molecule has 0 aromatic rings. The molecule has 0 saturated carbocycles. The van der Waals surface area contributed by atoms with Gasteiger partial charge in [-0.25, -0.2) is 0 Å². The summed E-state index contributed by atoms with van der Waals surface area (Å²) in [6.07, 6.45) is 21.4. The van der Waals surface area contributed by atoms with Gasteiger partial charge < -0.3 is 15.5 Å². The van der Waals surface area contributed by atoms with Gasteiger partial charge in [0.2, 0.25) is 5.91 Å². The molecule has 0 rings (SSSR count). The van der Waals surface area contributed by atoms with Gasteiger partial charge in [0, 0.05) is 19.0 Å². The molecule has 0 radical (unpaired) electrons. The Morgan fingerprint density at radius 2 is 1.19 bits per heavy atom. The van der Waals surface area contributed by atoms with Crippen molar-refractivity contribution in [1.82, 2.24) is 9.80 Å². The molecule has 0 spiro atoms.